The molecule has 1 aliphatic rings. The molecule has 3 nitrogen and oxygen atoms in total. The summed E-state index contributed by atoms with van der Waals surface area (Å²) in [7, 11) is 0. The number of rotatable bonds is 6. The lowest BCUT2D eigenvalue weighted by molar-refractivity contribution is -0.130. The van der Waals surface area contributed by atoms with E-state index in [1.807, 2.05) is 4.90 Å². The molecule has 1 saturated heterocycles. The second-order valence-electron chi connectivity index (χ2n) is 5.15. The average molecular weight is 226 g/mol. The molecule has 0 spiro atoms. The maximum Gasteiger partial charge on any atom is 0.241 e. The third kappa shape index (κ3) is 3.21. The van der Waals surface area contributed by atoms with E-state index in [9.17, 15) is 4.79 Å². The Bertz CT molecular complexity index is 228. The molecule has 0 aromatic rings. The van der Waals surface area contributed by atoms with Gasteiger partial charge in [0.2, 0.25) is 5.91 Å². The van der Waals surface area contributed by atoms with Crippen LogP contribution in [0.1, 0.15) is 53.4 Å². The van der Waals surface area contributed by atoms with Crippen LogP contribution in [0.3, 0.4) is 0 Å². The van der Waals surface area contributed by atoms with E-state index in [1.54, 1.807) is 0 Å². The van der Waals surface area contributed by atoms with Crippen LogP contribution in [0.25, 0.3) is 0 Å². The summed E-state index contributed by atoms with van der Waals surface area (Å²) in [4.78, 5) is 14.2. The van der Waals surface area contributed by atoms with Gasteiger partial charge in [-0.25, -0.2) is 0 Å². The lowest BCUT2D eigenvalue weighted by atomic mass is 10.1. The van der Waals surface area contributed by atoms with Gasteiger partial charge in [-0.3, -0.25) is 10.1 Å². The molecular formula is C13H26N2O. The summed E-state index contributed by atoms with van der Waals surface area (Å²) in [6, 6.07) is 0.0714. The zero-order valence-electron chi connectivity index (χ0n) is 11.1. The summed E-state index contributed by atoms with van der Waals surface area (Å²) in [5, 5.41) is 3.44. The van der Waals surface area contributed by atoms with Gasteiger partial charge in [0, 0.05) is 6.54 Å². The van der Waals surface area contributed by atoms with Crippen molar-refractivity contribution in [1.29, 1.82) is 0 Å². The van der Waals surface area contributed by atoms with Gasteiger partial charge in [0.05, 0.1) is 12.2 Å². The van der Waals surface area contributed by atoms with Crippen molar-refractivity contribution in [2.75, 3.05) is 6.54 Å². The number of hydrogen-bond donors (Lipinski definition) is 1. The third-order valence-corrected chi connectivity index (χ3v) is 3.26. The Hall–Kier alpha value is -0.570. The van der Waals surface area contributed by atoms with E-state index in [-0.39, 0.29) is 12.2 Å². The molecule has 1 amide bonds. The fourth-order valence-corrected chi connectivity index (χ4v) is 2.24. The van der Waals surface area contributed by atoms with Crippen molar-refractivity contribution in [1.82, 2.24) is 10.2 Å². The zero-order valence-corrected chi connectivity index (χ0v) is 11.1. The van der Waals surface area contributed by atoms with Crippen LogP contribution in [-0.2, 0) is 4.79 Å². The first-order valence-corrected chi connectivity index (χ1v) is 6.66. The minimum atomic E-state index is 0.0714. The maximum atomic E-state index is 12.1. The molecule has 1 aliphatic heterocycles. The molecule has 0 saturated carbocycles. The fraction of sp³-hybridized carbons (Fsp3) is 0.923. The molecule has 0 aromatic heterocycles. The Kier molecular flexibility index (Phi) is 5.26. The van der Waals surface area contributed by atoms with Gasteiger partial charge in [0.15, 0.2) is 0 Å². The summed E-state index contributed by atoms with van der Waals surface area (Å²) in [5.74, 6) is 0.977. The molecule has 16 heavy (non-hydrogen) atoms. The van der Waals surface area contributed by atoms with Crippen molar-refractivity contribution in [2.45, 2.75) is 65.6 Å². The van der Waals surface area contributed by atoms with E-state index in [0.29, 0.717) is 11.8 Å². The first kappa shape index (κ1) is 13.5. The predicted molar refractivity (Wildman–Crippen MR) is 67.1 cm³/mol. The largest absolute Gasteiger partial charge is 0.326 e. The molecule has 0 aliphatic carbocycles. The molecule has 94 valence electrons. The van der Waals surface area contributed by atoms with Crippen LogP contribution in [0.15, 0.2) is 0 Å². The summed E-state index contributed by atoms with van der Waals surface area (Å²) in [6.45, 7) is 9.59. The monoisotopic (exact) mass is 226 g/mol. The van der Waals surface area contributed by atoms with Gasteiger partial charge in [-0.1, -0.05) is 34.1 Å². The maximum absolute atomic E-state index is 12.1. The highest BCUT2D eigenvalue weighted by Crippen LogP contribution is 2.18. The SMILES string of the molecule is CCCC1NC(CC)N(CCC(C)C)C1=O. The predicted octanol–water partition coefficient (Wildman–Crippen LogP) is 2.37. The van der Waals surface area contributed by atoms with Crippen molar-refractivity contribution in [2.24, 2.45) is 5.92 Å². The smallest absolute Gasteiger partial charge is 0.241 e. The molecule has 1 fully saturated rings. The Morgan fingerprint density at radius 2 is 2.06 bits per heavy atom. The Morgan fingerprint density at radius 1 is 1.38 bits per heavy atom. The molecule has 2 unspecified atom stereocenters. The van der Waals surface area contributed by atoms with Crippen LogP contribution in [0.4, 0.5) is 0 Å². The number of amides is 1. The van der Waals surface area contributed by atoms with Crippen molar-refractivity contribution in [3.8, 4) is 0 Å². The van der Waals surface area contributed by atoms with Crippen molar-refractivity contribution >= 4 is 5.91 Å². The van der Waals surface area contributed by atoms with Crippen molar-refractivity contribution in [3.63, 3.8) is 0 Å². The average Bonchev–Trinajstić information content (AvgIpc) is 2.53. The highest BCUT2D eigenvalue weighted by Gasteiger charge is 2.36. The molecule has 2 atom stereocenters. The molecular weight excluding hydrogens is 200 g/mol. The lowest BCUT2D eigenvalue weighted by Crippen LogP contribution is -2.37. The van der Waals surface area contributed by atoms with Gasteiger partial charge in [-0.05, 0) is 25.2 Å². The number of carbonyl (C=O) groups excluding carboxylic acids is 1. The summed E-state index contributed by atoms with van der Waals surface area (Å²) in [6.07, 6.45) is 4.40. The highest BCUT2D eigenvalue weighted by atomic mass is 16.2. The van der Waals surface area contributed by atoms with Gasteiger partial charge in [0.1, 0.15) is 0 Å². The van der Waals surface area contributed by atoms with Gasteiger partial charge in [0.25, 0.3) is 0 Å². The Morgan fingerprint density at radius 3 is 2.56 bits per heavy atom. The molecule has 0 bridgehead atoms. The number of hydrogen-bond acceptors (Lipinski definition) is 2. The standard InChI is InChI=1S/C13H26N2O/c1-5-7-11-13(16)15(9-8-10(3)4)12(6-2)14-11/h10-12,14H,5-9H2,1-4H3. The second-order valence-corrected chi connectivity index (χ2v) is 5.15. The van der Waals surface area contributed by atoms with Crippen LogP contribution < -0.4 is 5.32 Å². The van der Waals surface area contributed by atoms with E-state index in [0.717, 1.165) is 32.2 Å². The summed E-state index contributed by atoms with van der Waals surface area (Å²) in [5.41, 5.74) is 0. The van der Waals surface area contributed by atoms with Crippen LogP contribution in [0.5, 0.6) is 0 Å². The van der Waals surface area contributed by atoms with Crippen LogP contribution >= 0.6 is 0 Å². The number of nitrogens with one attached hydrogen (secondary N) is 1. The molecule has 3 heteroatoms. The number of carbonyl (C=O) groups is 1. The van der Waals surface area contributed by atoms with E-state index in [2.05, 4.69) is 33.0 Å². The van der Waals surface area contributed by atoms with Gasteiger partial charge in [-0.2, -0.15) is 0 Å². The van der Waals surface area contributed by atoms with Crippen LogP contribution in [0.2, 0.25) is 0 Å². The van der Waals surface area contributed by atoms with Gasteiger partial charge in [-0.15, -0.1) is 0 Å². The van der Waals surface area contributed by atoms with Crippen molar-refractivity contribution < 1.29 is 4.79 Å². The van der Waals surface area contributed by atoms with E-state index < -0.39 is 0 Å². The van der Waals surface area contributed by atoms with E-state index in [1.165, 1.54) is 0 Å². The van der Waals surface area contributed by atoms with Crippen LogP contribution in [0, 0.1) is 5.92 Å². The first-order valence-electron chi connectivity index (χ1n) is 6.66. The Labute approximate surface area is 99.6 Å². The minimum absolute atomic E-state index is 0.0714. The Balaban J connectivity index is 2.55. The molecule has 1 N–H and O–H groups in total. The molecule has 0 aromatic carbocycles. The normalized spacial score (nSPS) is 25.8. The summed E-state index contributed by atoms with van der Waals surface area (Å²) < 4.78 is 0. The summed E-state index contributed by atoms with van der Waals surface area (Å²) >= 11 is 0. The third-order valence-electron chi connectivity index (χ3n) is 3.26. The first-order chi connectivity index (χ1) is 7.60. The zero-order chi connectivity index (χ0) is 12.1. The second kappa shape index (κ2) is 6.24. The quantitative estimate of drug-likeness (QED) is 0.754. The van der Waals surface area contributed by atoms with Gasteiger partial charge < -0.3 is 4.90 Å². The fourth-order valence-electron chi connectivity index (χ4n) is 2.24. The molecule has 1 rings (SSSR count). The topological polar surface area (TPSA) is 32.3 Å². The van der Waals surface area contributed by atoms with Crippen LogP contribution in [-0.4, -0.2) is 29.6 Å². The lowest BCUT2D eigenvalue weighted by Gasteiger charge is -2.23. The highest BCUT2D eigenvalue weighted by molar-refractivity contribution is 5.84. The number of nitrogens with zero attached hydrogens (tertiary/aromatic N) is 1. The van der Waals surface area contributed by atoms with Crippen molar-refractivity contribution in [3.05, 3.63) is 0 Å². The van der Waals surface area contributed by atoms with E-state index in [4.69, 9.17) is 0 Å². The molecule has 0 radical (unpaired) electrons. The minimum Gasteiger partial charge on any atom is -0.326 e. The van der Waals surface area contributed by atoms with Gasteiger partial charge >= 0.3 is 0 Å². The molecule has 1 heterocycles. The van der Waals surface area contributed by atoms with E-state index >= 15 is 0 Å².